The molecule has 1 atom stereocenters. The molecule has 0 aromatic carbocycles. The van der Waals surface area contributed by atoms with Gasteiger partial charge in [-0.1, -0.05) is 13.8 Å². The van der Waals surface area contributed by atoms with Crippen molar-refractivity contribution in [1.82, 2.24) is 24.8 Å². The number of hydrogen-bond donors (Lipinski definition) is 1. The first-order chi connectivity index (χ1) is 10.1. The Morgan fingerprint density at radius 2 is 2.05 bits per heavy atom. The molecule has 0 spiro atoms. The van der Waals surface area contributed by atoms with Gasteiger partial charge in [0.1, 0.15) is 11.9 Å². The Bertz CT molecular complexity index is 579. The molecule has 6 nitrogen and oxygen atoms in total. The lowest BCUT2D eigenvalue weighted by molar-refractivity contribution is -0.123. The molecule has 0 saturated heterocycles. The smallest absolute Gasteiger partial charge is 0.242 e. The summed E-state index contributed by atoms with van der Waals surface area (Å²) in [6.45, 7) is 6.56. The lowest BCUT2D eigenvalue weighted by Gasteiger charge is -2.17. The van der Waals surface area contributed by atoms with Gasteiger partial charge in [0.2, 0.25) is 5.91 Å². The highest BCUT2D eigenvalue weighted by Crippen LogP contribution is 2.17. The van der Waals surface area contributed by atoms with E-state index >= 15 is 0 Å². The molecule has 0 aliphatic carbocycles. The lowest BCUT2D eigenvalue weighted by Crippen LogP contribution is -2.33. The Hall–Kier alpha value is -2.24. The van der Waals surface area contributed by atoms with Crippen molar-refractivity contribution in [1.29, 1.82) is 0 Å². The van der Waals surface area contributed by atoms with E-state index in [1.165, 1.54) is 0 Å². The van der Waals surface area contributed by atoms with Gasteiger partial charge in [0.25, 0.3) is 0 Å². The van der Waals surface area contributed by atoms with Crippen LogP contribution in [-0.2, 0) is 11.2 Å². The summed E-state index contributed by atoms with van der Waals surface area (Å²) in [5.74, 6) is 1.19. The van der Waals surface area contributed by atoms with Crippen LogP contribution in [-0.4, -0.2) is 32.0 Å². The second-order valence-corrected chi connectivity index (χ2v) is 5.26. The molecule has 0 bridgehead atoms. The number of nitrogens with zero attached hydrogens (tertiary/aromatic N) is 4. The van der Waals surface area contributed by atoms with Crippen molar-refractivity contribution in [3.05, 3.63) is 42.5 Å². The number of carbonyl (C=O) groups excluding carboxylic acids is 1. The quantitative estimate of drug-likeness (QED) is 0.878. The molecule has 0 radical (unpaired) electrons. The minimum atomic E-state index is -0.272. The molecule has 112 valence electrons. The first-order valence-electron chi connectivity index (χ1n) is 7.15. The molecule has 1 N–H and O–H groups in total. The number of hydrogen-bond acceptors (Lipinski definition) is 4. The van der Waals surface area contributed by atoms with Crippen molar-refractivity contribution in [3.8, 4) is 0 Å². The zero-order valence-corrected chi connectivity index (χ0v) is 12.7. The Balaban J connectivity index is 1.89. The third kappa shape index (κ3) is 3.87. The summed E-state index contributed by atoms with van der Waals surface area (Å²) in [6.07, 6.45) is 9.26. The molecule has 0 saturated carbocycles. The molecule has 2 aromatic heterocycles. The number of amides is 1. The maximum absolute atomic E-state index is 12.2. The zero-order chi connectivity index (χ0) is 15.2. The van der Waals surface area contributed by atoms with Gasteiger partial charge in [-0.15, -0.1) is 0 Å². The standard InChI is InChI=1S/C15H21N5O/c1-11(2)14-18-8-9-20(14)12(3)15(21)19-5-4-13-10-16-6-7-17-13/h6-12H,4-5H2,1-3H3,(H,19,21)/t12-/m0/s1. The van der Waals surface area contributed by atoms with E-state index in [9.17, 15) is 4.79 Å². The topological polar surface area (TPSA) is 72.7 Å². The van der Waals surface area contributed by atoms with Crippen molar-refractivity contribution < 1.29 is 4.79 Å². The minimum Gasteiger partial charge on any atom is -0.354 e. The second kappa shape index (κ2) is 6.97. The number of nitrogens with one attached hydrogen (secondary N) is 1. The van der Waals surface area contributed by atoms with Crippen LogP contribution in [0.2, 0.25) is 0 Å². The lowest BCUT2D eigenvalue weighted by atomic mass is 10.2. The molecule has 21 heavy (non-hydrogen) atoms. The summed E-state index contributed by atoms with van der Waals surface area (Å²) < 4.78 is 1.92. The Morgan fingerprint density at radius 3 is 2.71 bits per heavy atom. The number of rotatable bonds is 6. The predicted octanol–water partition coefficient (Wildman–Crippen LogP) is 1.72. The van der Waals surface area contributed by atoms with Crippen LogP contribution in [0.3, 0.4) is 0 Å². The Morgan fingerprint density at radius 1 is 1.24 bits per heavy atom. The molecular formula is C15H21N5O. The van der Waals surface area contributed by atoms with Gasteiger partial charge in [0, 0.05) is 49.9 Å². The van der Waals surface area contributed by atoms with Crippen molar-refractivity contribution in [3.63, 3.8) is 0 Å². The number of aromatic nitrogens is 4. The highest BCUT2D eigenvalue weighted by molar-refractivity contribution is 5.79. The van der Waals surface area contributed by atoms with Gasteiger partial charge >= 0.3 is 0 Å². The molecular weight excluding hydrogens is 266 g/mol. The fraction of sp³-hybridized carbons (Fsp3) is 0.467. The third-order valence-corrected chi connectivity index (χ3v) is 3.31. The van der Waals surface area contributed by atoms with Gasteiger partial charge < -0.3 is 9.88 Å². The minimum absolute atomic E-state index is 0.0150. The molecule has 6 heteroatoms. The van der Waals surface area contributed by atoms with Crippen LogP contribution in [0.5, 0.6) is 0 Å². The van der Waals surface area contributed by atoms with Crippen molar-refractivity contribution in [2.24, 2.45) is 0 Å². The van der Waals surface area contributed by atoms with Crippen LogP contribution in [0.1, 0.15) is 44.2 Å². The van der Waals surface area contributed by atoms with Gasteiger partial charge in [-0.2, -0.15) is 0 Å². The summed E-state index contributed by atoms with van der Waals surface area (Å²) in [4.78, 5) is 24.7. The van der Waals surface area contributed by atoms with Crippen LogP contribution in [0, 0.1) is 0 Å². The molecule has 2 heterocycles. The molecule has 0 aliphatic rings. The van der Waals surface area contributed by atoms with Crippen molar-refractivity contribution >= 4 is 5.91 Å². The highest BCUT2D eigenvalue weighted by atomic mass is 16.2. The Kier molecular flexibility index (Phi) is 5.03. The van der Waals surface area contributed by atoms with Crippen LogP contribution >= 0.6 is 0 Å². The van der Waals surface area contributed by atoms with E-state index in [4.69, 9.17) is 0 Å². The van der Waals surface area contributed by atoms with E-state index in [0.717, 1.165) is 11.5 Å². The summed E-state index contributed by atoms with van der Waals surface area (Å²) >= 11 is 0. The van der Waals surface area contributed by atoms with E-state index in [1.54, 1.807) is 24.8 Å². The normalized spacial score (nSPS) is 12.4. The van der Waals surface area contributed by atoms with Gasteiger partial charge in [0.15, 0.2) is 0 Å². The number of imidazole rings is 1. The van der Waals surface area contributed by atoms with E-state index < -0.39 is 0 Å². The molecule has 0 fully saturated rings. The first kappa shape index (κ1) is 15.2. The van der Waals surface area contributed by atoms with E-state index in [-0.39, 0.29) is 17.9 Å². The summed E-state index contributed by atoms with van der Waals surface area (Å²) in [6, 6.07) is -0.272. The fourth-order valence-corrected chi connectivity index (χ4v) is 2.15. The first-order valence-corrected chi connectivity index (χ1v) is 7.15. The van der Waals surface area contributed by atoms with Gasteiger partial charge in [-0.3, -0.25) is 14.8 Å². The molecule has 1 amide bonds. The SMILES string of the molecule is CC(C)c1nccn1[C@@H](C)C(=O)NCCc1cnccn1. The van der Waals surface area contributed by atoms with Crippen LogP contribution in [0.4, 0.5) is 0 Å². The monoisotopic (exact) mass is 287 g/mol. The maximum atomic E-state index is 12.2. The molecule has 0 unspecified atom stereocenters. The Labute approximate surface area is 124 Å². The van der Waals surface area contributed by atoms with Gasteiger partial charge in [0.05, 0.1) is 5.69 Å². The van der Waals surface area contributed by atoms with E-state index in [2.05, 4.69) is 34.1 Å². The van der Waals surface area contributed by atoms with Crippen molar-refractivity contribution in [2.75, 3.05) is 6.54 Å². The maximum Gasteiger partial charge on any atom is 0.242 e. The third-order valence-electron chi connectivity index (χ3n) is 3.31. The summed E-state index contributed by atoms with van der Waals surface area (Å²) in [5, 5.41) is 2.93. The highest BCUT2D eigenvalue weighted by Gasteiger charge is 2.18. The molecule has 2 rings (SSSR count). The van der Waals surface area contributed by atoms with Crippen LogP contribution in [0.15, 0.2) is 31.0 Å². The summed E-state index contributed by atoms with van der Waals surface area (Å²) in [5.41, 5.74) is 0.871. The average Bonchev–Trinajstić information content (AvgIpc) is 2.97. The molecule has 0 aliphatic heterocycles. The van der Waals surface area contributed by atoms with Crippen LogP contribution < -0.4 is 5.32 Å². The predicted molar refractivity (Wildman–Crippen MR) is 79.8 cm³/mol. The van der Waals surface area contributed by atoms with E-state index in [0.29, 0.717) is 13.0 Å². The van der Waals surface area contributed by atoms with Gasteiger partial charge in [-0.05, 0) is 6.92 Å². The largest absolute Gasteiger partial charge is 0.354 e. The second-order valence-electron chi connectivity index (χ2n) is 5.26. The van der Waals surface area contributed by atoms with Crippen molar-refractivity contribution in [2.45, 2.75) is 39.2 Å². The summed E-state index contributed by atoms with van der Waals surface area (Å²) in [7, 11) is 0. The van der Waals surface area contributed by atoms with E-state index in [1.807, 2.05) is 17.7 Å². The fourth-order valence-electron chi connectivity index (χ4n) is 2.15. The van der Waals surface area contributed by atoms with Gasteiger partial charge in [-0.25, -0.2) is 4.98 Å². The number of carbonyl (C=O) groups is 1. The molecule has 2 aromatic rings. The zero-order valence-electron chi connectivity index (χ0n) is 12.7. The van der Waals surface area contributed by atoms with Crippen LogP contribution in [0.25, 0.3) is 0 Å². The average molecular weight is 287 g/mol.